The average molecular weight is 257 g/mol. The summed E-state index contributed by atoms with van der Waals surface area (Å²) in [5.74, 6) is -0.270. The lowest BCUT2D eigenvalue weighted by atomic mass is 10.3. The Balaban J connectivity index is 3.03. The maximum absolute atomic E-state index is 11.5. The first kappa shape index (κ1) is 13.2. The van der Waals surface area contributed by atoms with Crippen LogP contribution in [0.5, 0.6) is 0 Å². The molecule has 0 aromatic heterocycles. The number of benzene rings is 1. The minimum atomic E-state index is -4.11. The summed E-state index contributed by atoms with van der Waals surface area (Å²) in [4.78, 5) is 21.6. The SMILES string of the molecule is COC(=O)S(=O)(=O)c1ccc(NC(C)=O)cc1. The molecule has 0 saturated heterocycles. The molecule has 0 aliphatic rings. The predicted octanol–water partition coefficient (Wildman–Crippen LogP) is 1.19. The van der Waals surface area contributed by atoms with Gasteiger partial charge in [0.15, 0.2) is 0 Å². The van der Waals surface area contributed by atoms with Crippen LogP contribution in [-0.4, -0.2) is 26.7 Å². The number of carbonyl (C=O) groups is 2. The number of hydrogen-bond donors (Lipinski definition) is 1. The molecule has 0 aliphatic heterocycles. The topological polar surface area (TPSA) is 89.5 Å². The van der Waals surface area contributed by atoms with Crippen LogP contribution < -0.4 is 5.32 Å². The zero-order valence-electron chi connectivity index (χ0n) is 9.26. The van der Waals surface area contributed by atoms with E-state index in [0.717, 1.165) is 7.11 Å². The highest BCUT2D eigenvalue weighted by atomic mass is 32.2. The van der Waals surface area contributed by atoms with Crippen molar-refractivity contribution in [3.05, 3.63) is 24.3 Å². The Bertz CT molecular complexity index is 532. The van der Waals surface area contributed by atoms with Gasteiger partial charge in [0.2, 0.25) is 5.91 Å². The molecule has 0 aliphatic carbocycles. The van der Waals surface area contributed by atoms with E-state index in [1.54, 1.807) is 0 Å². The molecule has 1 aromatic carbocycles. The summed E-state index contributed by atoms with van der Waals surface area (Å²) < 4.78 is 27.2. The summed E-state index contributed by atoms with van der Waals surface area (Å²) in [6.07, 6.45) is 0. The van der Waals surface area contributed by atoms with Crippen LogP contribution in [0.25, 0.3) is 0 Å². The quantitative estimate of drug-likeness (QED) is 0.803. The van der Waals surface area contributed by atoms with Crippen molar-refractivity contribution in [2.75, 3.05) is 12.4 Å². The van der Waals surface area contributed by atoms with Crippen LogP contribution in [0.15, 0.2) is 29.2 Å². The van der Waals surface area contributed by atoms with Crippen molar-refractivity contribution < 1.29 is 22.7 Å². The Morgan fingerprint density at radius 3 is 2.12 bits per heavy atom. The van der Waals surface area contributed by atoms with E-state index in [1.165, 1.54) is 31.2 Å². The standard InChI is InChI=1S/C10H11NO5S/c1-7(12)11-8-3-5-9(6-4-8)17(14,15)10(13)16-2/h3-6H,1-2H3,(H,11,12). The van der Waals surface area contributed by atoms with Gasteiger partial charge < -0.3 is 10.1 Å². The van der Waals surface area contributed by atoms with Crippen molar-refractivity contribution in [1.82, 2.24) is 0 Å². The molecule has 0 fully saturated rings. The van der Waals surface area contributed by atoms with E-state index < -0.39 is 15.1 Å². The third-order valence-corrected chi connectivity index (χ3v) is 3.37. The number of sulfone groups is 1. The van der Waals surface area contributed by atoms with Gasteiger partial charge in [0.25, 0.3) is 9.84 Å². The largest absolute Gasteiger partial charge is 0.457 e. The van der Waals surface area contributed by atoms with Crippen molar-refractivity contribution in [3.63, 3.8) is 0 Å². The minimum absolute atomic E-state index is 0.182. The Kier molecular flexibility index (Phi) is 3.84. The third kappa shape index (κ3) is 3.04. The Morgan fingerprint density at radius 1 is 1.18 bits per heavy atom. The fourth-order valence-electron chi connectivity index (χ4n) is 1.13. The van der Waals surface area contributed by atoms with E-state index in [-0.39, 0.29) is 10.8 Å². The highest BCUT2D eigenvalue weighted by Crippen LogP contribution is 2.16. The molecule has 0 bridgehead atoms. The second-order valence-electron chi connectivity index (χ2n) is 3.16. The van der Waals surface area contributed by atoms with Gasteiger partial charge in [-0.3, -0.25) is 4.79 Å². The fourth-order valence-corrected chi connectivity index (χ4v) is 2.03. The fraction of sp³-hybridized carbons (Fsp3) is 0.200. The van der Waals surface area contributed by atoms with Crippen LogP contribution in [0.3, 0.4) is 0 Å². The zero-order valence-corrected chi connectivity index (χ0v) is 10.1. The van der Waals surface area contributed by atoms with Crippen molar-refractivity contribution in [2.24, 2.45) is 0 Å². The molecule has 0 radical (unpaired) electrons. The van der Waals surface area contributed by atoms with Gasteiger partial charge in [0.05, 0.1) is 12.0 Å². The Morgan fingerprint density at radius 2 is 1.71 bits per heavy atom. The number of hydrogen-bond acceptors (Lipinski definition) is 5. The molecule has 0 heterocycles. The van der Waals surface area contributed by atoms with Crippen LogP contribution in [-0.2, 0) is 19.4 Å². The van der Waals surface area contributed by atoms with E-state index >= 15 is 0 Å². The van der Waals surface area contributed by atoms with Gasteiger partial charge in [-0.15, -0.1) is 0 Å². The number of carbonyl (C=O) groups excluding carboxylic acids is 2. The van der Waals surface area contributed by atoms with E-state index in [1.807, 2.05) is 0 Å². The molecule has 1 N–H and O–H groups in total. The molecule has 7 heteroatoms. The molecule has 1 rings (SSSR count). The highest BCUT2D eigenvalue weighted by Gasteiger charge is 2.25. The molecular weight excluding hydrogens is 246 g/mol. The normalized spacial score (nSPS) is 10.7. The Hall–Kier alpha value is -1.89. The second kappa shape index (κ2) is 4.96. The average Bonchev–Trinajstić information content (AvgIpc) is 2.27. The van der Waals surface area contributed by atoms with Crippen molar-refractivity contribution in [1.29, 1.82) is 0 Å². The second-order valence-corrected chi connectivity index (χ2v) is 4.97. The maximum atomic E-state index is 11.5. The summed E-state index contributed by atoms with van der Waals surface area (Å²) >= 11 is 0. The molecule has 6 nitrogen and oxygen atoms in total. The van der Waals surface area contributed by atoms with Crippen LogP contribution in [0, 0.1) is 0 Å². The lowest BCUT2D eigenvalue weighted by Crippen LogP contribution is -2.14. The summed E-state index contributed by atoms with van der Waals surface area (Å²) in [5, 5.41) is 1.16. The first-order chi connectivity index (χ1) is 7.87. The van der Waals surface area contributed by atoms with E-state index in [9.17, 15) is 18.0 Å². The number of amides is 1. The van der Waals surface area contributed by atoms with Gasteiger partial charge in [0.1, 0.15) is 0 Å². The monoisotopic (exact) mass is 257 g/mol. The number of ether oxygens (including phenoxy) is 1. The van der Waals surface area contributed by atoms with Crippen LogP contribution in [0.2, 0.25) is 0 Å². The Labute approximate surface area is 98.5 Å². The van der Waals surface area contributed by atoms with Gasteiger partial charge in [-0.1, -0.05) is 0 Å². The van der Waals surface area contributed by atoms with Crippen LogP contribution in [0.4, 0.5) is 10.5 Å². The van der Waals surface area contributed by atoms with Crippen LogP contribution >= 0.6 is 0 Å². The smallest absolute Gasteiger partial charge is 0.429 e. The summed E-state index contributed by atoms with van der Waals surface area (Å²) in [6, 6.07) is 5.21. The van der Waals surface area contributed by atoms with Gasteiger partial charge in [-0.25, -0.2) is 13.2 Å². The van der Waals surface area contributed by atoms with E-state index in [4.69, 9.17) is 0 Å². The first-order valence-corrected chi connectivity index (χ1v) is 6.07. The van der Waals surface area contributed by atoms with E-state index in [2.05, 4.69) is 10.1 Å². The summed E-state index contributed by atoms with van der Waals surface area (Å²) in [7, 11) is -3.12. The van der Waals surface area contributed by atoms with Crippen LogP contribution in [0.1, 0.15) is 6.92 Å². The third-order valence-electron chi connectivity index (χ3n) is 1.87. The molecule has 1 amide bonds. The van der Waals surface area contributed by atoms with E-state index in [0.29, 0.717) is 5.69 Å². The summed E-state index contributed by atoms with van der Waals surface area (Å²) in [5.41, 5.74) is 0.446. The number of nitrogens with one attached hydrogen (secondary N) is 1. The molecule has 92 valence electrons. The van der Waals surface area contributed by atoms with Gasteiger partial charge in [0, 0.05) is 12.6 Å². The molecule has 0 atom stereocenters. The molecule has 17 heavy (non-hydrogen) atoms. The highest BCUT2D eigenvalue weighted by molar-refractivity contribution is 8.05. The number of anilines is 1. The summed E-state index contributed by atoms with van der Waals surface area (Å²) in [6.45, 7) is 1.33. The minimum Gasteiger partial charge on any atom is -0.457 e. The first-order valence-electron chi connectivity index (χ1n) is 4.58. The zero-order chi connectivity index (χ0) is 13.1. The molecule has 0 unspecified atom stereocenters. The van der Waals surface area contributed by atoms with Gasteiger partial charge >= 0.3 is 5.30 Å². The molecule has 1 aromatic rings. The van der Waals surface area contributed by atoms with Crippen molar-refractivity contribution in [2.45, 2.75) is 11.8 Å². The maximum Gasteiger partial charge on any atom is 0.429 e. The van der Waals surface area contributed by atoms with Gasteiger partial charge in [-0.2, -0.15) is 0 Å². The predicted molar refractivity (Wildman–Crippen MR) is 60.3 cm³/mol. The van der Waals surface area contributed by atoms with Gasteiger partial charge in [-0.05, 0) is 24.3 Å². The number of methoxy groups -OCH3 is 1. The molecular formula is C10H11NO5S. The molecule has 0 spiro atoms. The lowest BCUT2D eigenvalue weighted by molar-refractivity contribution is -0.114. The molecule has 0 saturated carbocycles. The van der Waals surface area contributed by atoms with Crippen molar-refractivity contribution >= 4 is 26.7 Å². The lowest BCUT2D eigenvalue weighted by Gasteiger charge is -2.04. The van der Waals surface area contributed by atoms with Crippen molar-refractivity contribution in [3.8, 4) is 0 Å². The number of rotatable bonds is 2.